The summed E-state index contributed by atoms with van der Waals surface area (Å²) >= 11 is 0. The number of anilines is 1. The molecule has 2 aliphatic carbocycles. The Hall–Kier alpha value is -1.92. The molecule has 1 aromatic heterocycles. The Morgan fingerprint density at radius 1 is 1.25 bits per heavy atom. The lowest BCUT2D eigenvalue weighted by atomic mass is 10.1. The lowest BCUT2D eigenvalue weighted by Crippen LogP contribution is -2.23. The van der Waals surface area contributed by atoms with E-state index in [4.69, 9.17) is 5.73 Å². The van der Waals surface area contributed by atoms with Gasteiger partial charge in [-0.25, -0.2) is 4.98 Å². The molecule has 4 rings (SSSR count). The summed E-state index contributed by atoms with van der Waals surface area (Å²) in [5.41, 5.74) is 7.58. The summed E-state index contributed by atoms with van der Waals surface area (Å²) in [6.45, 7) is 0. The van der Waals surface area contributed by atoms with Crippen molar-refractivity contribution < 1.29 is 4.79 Å². The van der Waals surface area contributed by atoms with Crippen LogP contribution in [-0.4, -0.2) is 27.1 Å². The zero-order valence-electron chi connectivity index (χ0n) is 13.4. The summed E-state index contributed by atoms with van der Waals surface area (Å²) in [6, 6.07) is 7.85. The lowest BCUT2D eigenvalue weighted by Gasteiger charge is -2.11. The highest BCUT2D eigenvalue weighted by atomic mass is 35.5. The quantitative estimate of drug-likeness (QED) is 0.792. The number of hydrogen-bond donors (Lipinski definition) is 3. The molecule has 1 aromatic carbocycles. The summed E-state index contributed by atoms with van der Waals surface area (Å²) in [5, 5.41) is 10.3. The van der Waals surface area contributed by atoms with Gasteiger partial charge in [0, 0.05) is 29.1 Å². The average Bonchev–Trinajstić information content (AvgIpc) is 3.11. The van der Waals surface area contributed by atoms with Crippen molar-refractivity contribution in [1.29, 1.82) is 0 Å². The molecule has 2 unspecified atom stereocenters. The van der Waals surface area contributed by atoms with Gasteiger partial charge < -0.3 is 11.1 Å². The molecule has 2 atom stereocenters. The normalized spacial score (nSPS) is 22.9. The largest absolute Gasteiger partial charge is 0.328 e. The van der Waals surface area contributed by atoms with Crippen LogP contribution in [0.5, 0.6) is 0 Å². The summed E-state index contributed by atoms with van der Waals surface area (Å²) < 4.78 is 0. The molecule has 6 nitrogen and oxygen atoms in total. The molecule has 0 saturated heterocycles. The van der Waals surface area contributed by atoms with Crippen LogP contribution in [0.4, 0.5) is 5.69 Å². The molecule has 2 fully saturated rings. The standard InChI is InChI=1S/C17H21N5O.ClH/c18-13-7-6-12(8-13)17(23)19-14-3-1-2-11(9-14)16-20-15(21-22-16)10-4-5-10;/h1-3,9-10,12-13H,4-8,18H2,(H,19,23)(H,20,21,22);1H. The van der Waals surface area contributed by atoms with Crippen LogP contribution >= 0.6 is 12.4 Å². The van der Waals surface area contributed by atoms with Crippen LogP contribution in [0.2, 0.25) is 0 Å². The first-order valence-electron chi connectivity index (χ1n) is 8.28. The SMILES string of the molecule is Cl.NC1CCC(C(=O)Nc2cccc(-c3n[nH]c(C4CC4)n3)c2)C1. The van der Waals surface area contributed by atoms with Gasteiger partial charge in [0.05, 0.1) is 0 Å². The van der Waals surface area contributed by atoms with Gasteiger partial charge in [0.1, 0.15) is 5.82 Å². The monoisotopic (exact) mass is 347 g/mol. The van der Waals surface area contributed by atoms with Gasteiger partial charge in [0.2, 0.25) is 5.91 Å². The topological polar surface area (TPSA) is 96.7 Å². The second-order valence-electron chi connectivity index (χ2n) is 6.66. The molecule has 1 amide bonds. The number of carbonyl (C=O) groups is 1. The molecule has 0 spiro atoms. The van der Waals surface area contributed by atoms with Gasteiger partial charge in [-0.3, -0.25) is 9.89 Å². The molecule has 0 radical (unpaired) electrons. The zero-order chi connectivity index (χ0) is 15.8. The number of amides is 1. The molecule has 24 heavy (non-hydrogen) atoms. The zero-order valence-corrected chi connectivity index (χ0v) is 14.2. The Kier molecular flexibility index (Phi) is 4.87. The number of aromatic nitrogens is 3. The highest BCUT2D eigenvalue weighted by molar-refractivity contribution is 5.93. The second kappa shape index (κ2) is 6.91. The molecule has 2 aliphatic rings. The van der Waals surface area contributed by atoms with Gasteiger partial charge >= 0.3 is 0 Å². The highest BCUT2D eigenvalue weighted by Gasteiger charge is 2.28. The van der Waals surface area contributed by atoms with Gasteiger partial charge in [-0.05, 0) is 44.2 Å². The van der Waals surface area contributed by atoms with Crippen molar-refractivity contribution >= 4 is 24.0 Å². The van der Waals surface area contributed by atoms with Crippen molar-refractivity contribution in [2.75, 3.05) is 5.32 Å². The van der Waals surface area contributed by atoms with Gasteiger partial charge in [0.15, 0.2) is 5.82 Å². The van der Waals surface area contributed by atoms with E-state index in [-0.39, 0.29) is 30.3 Å². The number of halogens is 1. The van der Waals surface area contributed by atoms with E-state index in [1.165, 1.54) is 12.8 Å². The third-order valence-electron chi connectivity index (χ3n) is 4.70. The molecule has 1 heterocycles. The Bertz CT molecular complexity index is 727. The van der Waals surface area contributed by atoms with E-state index in [9.17, 15) is 4.79 Å². The number of hydrogen-bond acceptors (Lipinski definition) is 4. The summed E-state index contributed by atoms with van der Waals surface area (Å²) in [6.07, 6.45) is 4.96. The molecule has 2 aromatic rings. The molecule has 128 valence electrons. The minimum absolute atomic E-state index is 0. The molecule has 4 N–H and O–H groups in total. The number of benzene rings is 1. The van der Waals surface area contributed by atoms with Crippen molar-refractivity contribution in [2.24, 2.45) is 11.7 Å². The number of nitrogens with one attached hydrogen (secondary N) is 2. The fourth-order valence-electron chi connectivity index (χ4n) is 3.18. The first kappa shape index (κ1) is 16.9. The molecule has 0 aliphatic heterocycles. The summed E-state index contributed by atoms with van der Waals surface area (Å²) in [7, 11) is 0. The number of nitrogens with two attached hydrogens (primary N) is 1. The van der Waals surface area contributed by atoms with Crippen molar-refractivity contribution in [3.05, 3.63) is 30.1 Å². The first-order valence-corrected chi connectivity index (χ1v) is 8.28. The van der Waals surface area contributed by atoms with Crippen molar-refractivity contribution in [2.45, 2.75) is 44.1 Å². The summed E-state index contributed by atoms with van der Waals surface area (Å²) in [4.78, 5) is 16.9. The Morgan fingerprint density at radius 2 is 2.08 bits per heavy atom. The minimum atomic E-state index is 0. The smallest absolute Gasteiger partial charge is 0.227 e. The van der Waals surface area contributed by atoms with E-state index in [0.717, 1.165) is 36.3 Å². The van der Waals surface area contributed by atoms with Crippen LogP contribution in [0.25, 0.3) is 11.4 Å². The van der Waals surface area contributed by atoms with Crippen molar-refractivity contribution in [3.8, 4) is 11.4 Å². The summed E-state index contributed by atoms with van der Waals surface area (Å²) in [5.74, 6) is 2.29. The van der Waals surface area contributed by atoms with E-state index < -0.39 is 0 Å². The van der Waals surface area contributed by atoms with Crippen LogP contribution in [0.3, 0.4) is 0 Å². The van der Waals surface area contributed by atoms with E-state index in [1.807, 2.05) is 24.3 Å². The maximum Gasteiger partial charge on any atom is 0.227 e. The first-order chi connectivity index (χ1) is 11.2. The van der Waals surface area contributed by atoms with Crippen molar-refractivity contribution in [3.63, 3.8) is 0 Å². The molecular weight excluding hydrogens is 326 g/mol. The average molecular weight is 348 g/mol. The van der Waals surface area contributed by atoms with E-state index in [2.05, 4.69) is 20.5 Å². The maximum atomic E-state index is 12.3. The predicted octanol–water partition coefficient (Wildman–Crippen LogP) is 2.84. The molecule has 7 heteroatoms. The number of nitrogens with zero attached hydrogens (tertiary/aromatic N) is 2. The lowest BCUT2D eigenvalue weighted by molar-refractivity contribution is -0.119. The van der Waals surface area contributed by atoms with Gasteiger partial charge in [-0.2, -0.15) is 5.10 Å². The minimum Gasteiger partial charge on any atom is -0.328 e. The van der Waals surface area contributed by atoms with E-state index in [0.29, 0.717) is 11.7 Å². The van der Waals surface area contributed by atoms with Crippen molar-refractivity contribution in [1.82, 2.24) is 15.2 Å². The van der Waals surface area contributed by atoms with Crippen LogP contribution in [-0.2, 0) is 4.79 Å². The highest BCUT2D eigenvalue weighted by Crippen LogP contribution is 2.38. The number of aromatic amines is 1. The number of rotatable bonds is 4. The fraction of sp³-hybridized carbons (Fsp3) is 0.471. The number of carbonyl (C=O) groups excluding carboxylic acids is 1. The van der Waals surface area contributed by atoms with Crippen LogP contribution in [0.15, 0.2) is 24.3 Å². The molecule has 2 saturated carbocycles. The third-order valence-corrected chi connectivity index (χ3v) is 4.70. The fourth-order valence-corrected chi connectivity index (χ4v) is 3.18. The van der Waals surface area contributed by atoms with Crippen LogP contribution in [0, 0.1) is 5.92 Å². The Balaban J connectivity index is 0.00000169. The van der Waals surface area contributed by atoms with E-state index in [1.54, 1.807) is 0 Å². The predicted molar refractivity (Wildman–Crippen MR) is 95.0 cm³/mol. The van der Waals surface area contributed by atoms with Crippen LogP contribution in [0.1, 0.15) is 43.8 Å². The van der Waals surface area contributed by atoms with Gasteiger partial charge in [-0.1, -0.05) is 12.1 Å². The molecular formula is C17H22ClN5O. The molecule has 0 bridgehead atoms. The van der Waals surface area contributed by atoms with E-state index >= 15 is 0 Å². The van der Waals surface area contributed by atoms with Gasteiger partial charge in [0.25, 0.3) is 0 Å². The maximum absolute atomic E-state index is 12.3. The third kappa shape index (κ3) is 3.60. The van der Waals surface area contributed by atoms with Gasteiger partial charge in [-0.15, -0.1) is 12.4 Å². The number of H-pyrrole nitrogens is 1. The Morgan fingerprint density at radius 3 is 2.79 bits per heavy atom. The second-order valence-corrected chi connectivity index (χ2v) is 6.66. The van der Waals surface area contributed by atoms with Crippen LogP contribution < -0.4 is 11.1 Å². The Labute approximate surface area is 147 Å².